The molecular formula is C16H28O7. The van der Waals surface area contributed by atoms with Crippen molar-refractivity contribution in [1.29, 1.82) is 0 Å². The molecule has 0 radical (unpaired) electrons. The predicted octanol–water partition coefficient (Wildman–Crippen LogP) is -1.01. The van der Waals surface area contributed by atoms with E-state index in [1.807, 2.05) is 0 Å². The molecule has 7 nitrogen and oxygen atoms in total. The molecule has 0 aromatic heterocycles. The van der Waals surface area contributed by atoms with Crippen LogP contribution < -0.4 is 0 Å². The maximum atomic E-state index is 10.2. The van der Waals surface area contributed by atoms with Crippen molar-refractivity contribution in [1.82, 2.24) is 0 Å². The average Bonchev–Trinajstić information content (AvgIpc) is 2.78. The molecule has 2 aliphatic carbocycles. The van der Waals surface area contributed by atoms with E-state index in [9.17, 15) is 25.5 Å². The number of aliphatic hydroxyl groups excluding tert-OH is 5. The molecule has 0 aromatic carbocycles. The van der Waals surface area contributed by atoms with Gasteiger partial charge in [-0.15, -0.1) is 0 Å². The molecule has 3 fully saturated rings. The molecule has 3 rings (SSSR count). The Hall–Kier alpha value is -0.280. The van der Waals surface area contributed by atoms with Gasteiger partial charge in [-0.3, -0.25) is 0 Å². The summed E-state index contributed by atoms with van der Waals surface area (Å²) < 4.78 is 11.4. The lowest BCUT2D eigenvalue weighted by molar-refractivity contribution is -0.320. The van der Waals surface area contributed by atoms with Gasteiger partial charge < -0.3 is 35.0 Å². The van der Waals surface area contributed by atoms with Gasteiger partial charge in [0, 0.05) is 5.41 Å². The Morgan fingerprint density at radius 1 is 1.04 bits per heavy atom. The minimum Gasteiger partial charge on any atom is -0.394 e. The van der Waals surface area contributed by atoms with Crippen molar-refractivity contribution in [2.45, 2.75) is 76.5 Å². The monoisotopic (exact) mass is 332 g/mol. The highest BCUT2D eigenvalue weighted by atomic mass is 16.7. The fourth-order valence-corrected chi connectivity index (χ4v) is 4.78. The molecule has 0 aromatic rings. The van der Waals surface area contributed by atoms with Crippen molar-refractivity contribution in [3.63, 3.8) is 0 Å². The first-order chi connectivity index (χ1) is 10.6. The van der Waals surface area contributed by atoms with Crippen molar-refractivity contribution < 1.29 is 35.0 Å². The van der Waals surface area contributed by atoms with Crippen molar-refractivity contribution in [3.8, 4) is 0 Å². The molecule has 0 unspecified atom stereocenters. The summed E-state index contributed by atoms with van der Waals surface area (Å²) in [4.78, 5) is 0. The van der Waals surface area contributed by atoms with E-state index in [1.165, 1.54) is 0 Å². The van der Waals surface area contributed by atoms with Crippen LogP contribution in [0, 0.1) is 16.7 Å². The molecule has 2 saturated carbocycles. The molecule has 7 heteroatoms. The third-order valence-corrected chi connectivity index (χ3v) is 6.82. The van der Waals surface area contributed by atoms with Crippen LogP contribution in [0.3, 0.4) is 0 Å². The number of fused-ring (bicyclic) bond motifs is 2. The van der Waals surface area contributed by atoms with Gasteiger partial charge in [0.05, 0.1) is 18.8 Å². The lowest BCUT2D eigenvalue weighted by Crippen LogP contribution is -2.60. The van der Waals surface area contributed by atoms with Crippen LogP contribution in [0.25, 0.3) is 0 Å². The summed E-state index contributed by atoms with van der Waals surface area (Å²) in [6.07, 6.45) is -5.60. The van der Waals surface area contributed by atoms with E-state index in [-0.39, 0.29) is 29.0 Å². The van der Waals surface area contributed by atoms with Gasteiger partial charge in [-0.05, 0) is 24.2 Å². The Kier molecular flexibility index (Phi) is 4.29. The van der Waals surface area contributed by atoms with Gasteiger partial charge >= 0.3 is 0 Å². The summed E-state index contributed by atoms with van der Waals surface area (Å²) in [5.74, 6) is 0.113. The number of hydrogen-bond donors (Lipinski definition) is 5. The third kappa shape index (κ3) is 2.37. The highest BCUT2D eigenvalue weighted by Gasteiger charge is 2.66. The average molecular weight is 332 g/mol. The van der Waals surface area contributed by atoms with Gasteiger partial charge in [-0.1, -0.05) is 20.8 Å². The molecular weight excluding hydrogens is 304 g/mol. The summed E-state index contributed by atoms with van der Waals surface area (Å²) in [6, 6.07) is 0. The van der Waals surface area contributed by atoms with Crippen molar-refractivity contribution in [3.05, 3.63) is 0 Å². The fraction of sp³-hybridized carbons (Fsp3) is 1.00. The van der Waals surface area contributed by atoms with E-state index in [4.69, 9.17) is 9.47 Å². The highest BCUT2D eigenvalue weighted by molar-refractivity contribution is 5.14. The van der Waals surface area contributed by atoms with Gasteiger partial charge in [-0.25, -0.2) is 0 Å². The Balaban J connectivity index is 1.75. The summed E-state index contributed by atoms with van der Waals surface area (Å²) in [7, 11) is 0. The van der Waals surface area contributed by atoms with Crippen LogP contribution in [0.1, 0.15) is 33.6 Å². The topological polar surface area (TPSA) is 120 Å². The van der Waals surface area contributed by atoms with Crippen LogP contribution in [-0.2, 0) is 9.47 Å². The summed E-state index contributed by atoms with van der Waals surface area (Å²) >= 11 is 0. The molecule has 1 heterocycles. The second-order valence-electron chi connectivity index (χ2n) is 8.07. The van der Waals surface area contributed by atoms with E-state index >= 15 is 0 Å². The van der Waals surface area contributed by atoms with E-state index in [0.717, 1.165) is 0 Å². The Morgan fingerprint density at radius 2 is 1.70 bits per heavy atom. The SMILES string of the molecule is CC1(C)[C@@H]2C[C@@H](O[C@@H]3O[C@H](CO)[C@@H](O)[C@H](O)[C@H]3O)[C@@]1(C)C[C@@H]2O. The fourth-order valence-electron chi connectivity index (χ4n) is 4.78. The van der Waals surface area contributed by atoms with Gasteiger partial charge in [-0.2, -0.15) is 0 Å². The number of rotatable bonds is 3. The van der Waals surface area contributed by atoms with Gasteiger partial charge in [0.1, 0.15) is 24.4 Å². The minimum absolute atomic E-state index is 0.106. The number of aliphatic hydroxyl groups is 5. The zero-order chi connectivity index (χ0) is 17.2. The van der Waals surface area contributed by atoms with Crippen LogP contribution in [-0.4, -0.2) is 75.1 Å². The summed E-state index contributed by atoms with van der Waals surface area (Å²) in [6.45, 7) is 5.83. The zero-order valence-electron chi connectivity index (χ0n) is 13.8. The predicted molar refractivity (Wildman–Crippen MR) is 79.3 cm³/mol. The zero-order valence-corrected chi connectivity index (χ0v) is 13.8. The molecule has 1 saturated heterocycles. The normalized spacial score (nSPS) is 55.3. The molecule has 3 aliphatic rings. The molecule has 2 bridgehead atoms. The van der Waals surface area contributed by atoms with Crippen LogP contribution in [0.15, 0.2) is 0 Å². The van der Waals surface area contributed by atoms with Crippen LogP contribution in [0.5, 0.6) is 0 Å². The Bertz CT molecular complexity index is 454. The first-order valence-corrected chi connectivity index (χ1v) is 8.27. The second kappa shape index (κ2) is 5.62. The molecule has 9 atom stereocenters. The van der Waals surface area contributed by atoms with E-state index in [1.54, 1.807) is 0 Å². The third-order valence-electron chi connectivity index (χ3n) is 6.82. The van der Waals surface area contributed by atoms with Gasteiger partial charge in [0.2, 0.25) is 0 Å². The van der Waals surface area contributed by atoms with Crippen molar-refractivity contribution >= 4 is 0 Å². The highest BCUT2D eigenvalue weighted by Crippen LogP contribution is 2.66. The van der Waals surface area contributed by atoms with Crippen LogP contribution >= 0.6 is 0 Å². The molecule has 0 amide bonds. The maximum Gasteiger partial charge on any atom is 0.186 e. The Morgan fingerprint density at radius 3 is 2.17 bits per heavy atom. The minimum atomic E-state index is -1.43. The Labute approximate surface area is 135 Å². The first kappa shape index (κ1) is 17.5. The molecule has 134 valence electrons. The number of hydrogen-bond acceptors (Lipinski definition) is 7. The van der Waals surface area contributed by atoms with E-state index < -0.39 is 37.3 Å². The maximum absolute atomic E-state index is 10.2. The second-order valence-corrected chi connectivity index (χ2v) is 8.07. The van der Waals surface area contributed by atoms with Crippen molar-refractivity contribution in [2.75, 3.05) is 6.61 Å². The smallest absolute Gasteiger partial charge is 0.186 e. The van der Waals surface area contributed by atoms with Gasteiger partial charge in [0.25, 0.3) is 0 Å². The largest absolute Gasteiger partial charge is 0.394 e. The quantitative estimate of drug-likeness (QED) is 0.449. The summed E-state index contributed by atoms with van der Waals surface area (Å²) in [5, 5.41) is 49.3. The van der Waals surface area contributed by atoms with Crippen LogP contribution in [0.4, 0.5) is 0 Å². The van der Waals surface area contributed by atoms with E-state index in [2.05, 4.69) is 20.8 Å². The van der Waals surface area contributed by atoms with Gasteiger partial charge in [0.15, 0.2) is 6.29 Å². The standard InChI is InChI=1S/C16H28O7/c1-15(2)7-4-10(16(15,3)5-8(7)18)23-14-13(21)12(20)11(19)9(6-17)22-14/h7-14,17-21H,4-6H2,1-3H3/t7-,8+,9-,10-,11-,12+,13-,14+,16-/m1/s1. The molecule has 23 heavy (non-hydrogen) atoms. The lowest BCUT2D eigenvalue weighted by atomic mass is 9.70. The first-order valence-electron chi connectivity index (χ1n) is 8.27. The summed E-state index contributed by atoms with van der Waals surface area (Å²) in [5.41, 5.74) is -0.374. The molecule has 1 aliphatic heterocycles. The van der Waals surface area contributed by atoms with Crippen LogP contribution in [0.2, 0.25) is 0 Å². The lowest BCUT2D eigenvalue weighted by Gasteiger charge is -2.44. The molecule has 5 N–H and O–H groups in total. The number of ether oxygens (including phenoxy) is 2. The van der Waals surface area contributed by atoms with Crippen molar-refractivity contribution in [2.24, 2.45) is 16.7 Å². The molecule has 0 spiro atoms. The van der Waals surface area contributed by atoms with E-state index in [0.29, 0.717) is 12.8 Å².